The monoisotopic (exact) mass is 567 g/mol. The molecule has 0 unspecified atom stereocenters. The molecule has 11 heteroatoms. The third-order valence-electron chi connectivity index (χ3n) is 6.41. The minimum atomic E-state index is -3.62. The van der Waals surface area contributed by atoms with E-state index in [0.29, 0.717) is 43.9 Å². The Hall–Kier alpha value is -4.12. The average Bonchev–Trinajstić information content (AvgIpc) is 2.95. The van der Waals surface area contributed by atoms with Gasteiger partial charge >= 0.3 is 6.09 Å². The first-order valence-electron chi connectivity index (χ1n) is 13.0. The van der Waals surface area contributed by atoms with Crippen molar-refractivity contribution in [3.05, 3.63) is 78.0 Å². The summed E-state index contributed by atoms with van der Waals surface area (Å²) in [6.45, 7) is 4.37. The maximum Gasteiger partial charge on any atom is 0.409 e. The highest BCUT2D eigenvalue weighted by atomic mass is 32.2. The number of piperidine rings is 1. The molecule has 0 saturated carbocycles. The van der Waals surface area contributed by atoms with E-state index in [1.165, 1.54) is 0 Å². The van der Waals surface area contributed by atoms with Crippen molar-refractivity contribution >= 4 is 22.0 Å². The molecule has 0 spiro atoms. The van der Waals surface area contributed by atoms with E-state index in [-0.39, 0.29) is 18.3 Å². The van der Waals surface area contributed by atoms with E-state index >= 15 is 0 Å². The Balaban J connectivity index is 1.26. The summed E-state index contributed by atoms with van der Waals surface area (Å²) < 4.78 is 41.3. The Morgan fingerprint density at radius 3 is 2.40 bits per heavy atom. The minimum absolute atomic E-state index is 0.246. The van der Waals surface area contributed by atoms with Crippen LogP contribution in [-0.2, 0) is 21.4 Å². The van der Waals surface area contributed by atoms with Gasteiger partial charge in [0.1, 0.15) is 12.4 Å². The first-order chi connectivity index (χ1) is 19.2. The zero-order valence-corrected chi connectivity index (χ0v) is 23.4. The van der Waals surface area contributed by atoms with Crippen LogP contribution in [0.25, 0.3) is 11.1 Å². The van der Waals surface area contributed by atoms with Gasteiger partial charge in [0.15, 0.2) is 0 Å². The van der Waals surface area contributed by atoms with Crippen LogP contribution in [0.4, 0.5) is 4.79 Å². The zero-order chi connectivity index (χ0) is 28.5. The van der Waals surface area contributed by atoms with Crippen LogP contribution in [0.3, 0.4) is 0 Å². The van der Waals surface area contributed by atoms with Crippen LogP contribution in [0.5, 0.6) is 11.6 Å². The number of benzene rings is 2. The van der Waals surface area contributed by atoms with Crippen LogP contribution in [-0.4, -0.2) is 62.9 Å². The number of pyridine rings is 1. The van der Waals surface area contributed by atoms with Crippen molar-refractivity contribution in [2.45, 2.75) is 26.4 Å². The van der Waals surface area contributed by atoms with Crippen molar-refractivity contribution in [2.75, 3.05) is 32.6 Å². The molecule has 1 aromatic heterocycles. The van der Waals surface area contributed by atoms with E-state index in [4.69, 9.17) is 14.2 Å². The Labute approximate surface area is 234 Å². The molecule has 0 bridgehead atoms. The summed E-state index contributed by atoms with van der Waals surface area (Å²) in [7, 11) is -3.62. The van der Waals surface area contributed by atoms with Crippen molar-refractivity contribution in [3.63, 3.8) is 0 Å². The van der Waals surface area contributed by atoms with Crippen LogP contribution < -0.4 is 14.2 Å². The maximum atomic E-state index is 12.0. The summed E-state index contributed by atoms with van der Waals surface area (Å²) in [5, 5.41) is 0. The summed E-state index contributed by atoms with van der Waals surface area (Å²) in [5.41, 5.74) is 2.93. The van der Waals surface area contributed by atoms with E-state index in [0.717, 1.165) is 35.8 Å². The number of ether oxygens (including phenoxy) is 3. The highest BCUT2D eigenvalue weighted by Gasteiger charge is 2.24. The van der Waals surface area contributed by atoms with Crippen molar-refractivity contribution in [3.8, 4) is 22.8 Å². The lowest BCUT2D eigenvalue weighted by molar-refractivity contribution is 0.0840. The van der Waals surface area contributed by atoms with Gasteiger partial charge in [-0.25, -0.2) is 22.9 Å². The number of sulfonamides is 1. The number of carbonyl (C=O) groups is 2. The summed E-state index contributed by atoms with van der Waals surface area (Å²) in [6, 6.07) is 18.0. The molecule has 1 aliphatic rings. The Morgan fingerprint density at radius 2 is 1.75 bits per heavy atom. The molecule has 3 aromatic rings. The standard InChI is InChI=1S/C29H33N3O7S/c1-3-37-29(34)32-15-13-22(14-16-32)20-39-27-12-11-25(18-30-27)24-5-4-6-26(17-24)38-19-21-7-9-23(10-8-21)28(33)31-40(2,35)36/h4-12,17-18,22H,3,13-16,19-20H2,1-2H3,(H,31,33). The number of rotatable bonds is 10. The predicted octanol–water partition coefficient (Wildman–Crippen LogP) is 4.26. The minimum Gasteiger partial charge on any atom is -0.489 e. The molecular weight excluding hydrogens is 534 g/mol. The average molecular weight is 568 g/mol. The lowest BCUT2D eigenvalue weighted by Gasteiger charge is -2.30. The van der Waals surface area contributed by atoms with Gasteiger partial charge in [-0.3, -0.25) is 4.79 Å². The Kier molecular flexibility index (Phi) is 9.60. The normalized spacial score (nSPS) is 13.9. The van der Waals surface area contributed by atoms with Crippen LogP contribution in [0, 0.1) is 5.92 Å². The molecule has 2 amide bonds. The van der Waals surface area contributed by atoms with E-state index in [2.05, 4.69) is 4.98 Å². The molecule has 2 heterocycles. The summed E-state index contributed by atoms with van der Waals surface area (Å²) in [4.78, 5) is 30.0. The van der Waals surface area contributed by atoms with E-state index in [1.54, 1.807) is 42.3 Å². The SMILES string of the molecule is CCOC(=O)N1CCC(COc2ccc(-c3cccc(OCc4ccc(C(=O)NS(C)(=O)=O)cc4)c3)cn2)CC1. The Morgan fingerprint density at radius 1 is 1.00 bits per heavy atom. The molecule has 4 rings (SSSR count). The van der Waals surface area contributed by atoms with Gasteiger partial charge in [-0.2, -0.15) is 0 Å². The number of likely N-dealkylation sites (tertiary alicyclic amines) is 1. The second-order valence-electron chi connectivity index (χ2n) is 9.54. The summed E-state index contributed by atoms with van der Waals surface area (Å²) >= 11 is 0. The fourth-order valence-electron chi connectivity index (χ4n) is 4.25. The lowest BCUT2D eigenvalue weighted by atomic mass is 9.98. The number of hydrogen-bond donors (Lipinski definition) is 1. The number of carbonyl (C=O) groups excluding carboxylic acids is 2. The molecule has 10 nitrogen and oxygen atoms in total. The first-order valence-corrected chi connectivity index (χ1v) is 14.9. The molecule has 1 N–H and O–H groups in total. The van der Waals surface area contributed by atoms with Crippen molar-refractivity contribution < 1.29 is 32.2 Å². The van der Waals surface area contributed by atoms with Crippen LogP contribution in [0.2, 0.25) is 0 Å². The smallest absolute Gasteiger partial charge is 0.409 e. The number of amides is 2. The quantitative estimate of drug-likeness (QED) is 0.385. The fraction of sp³-hybridized carbons (Fsp3) is 0.345. The molecule has 212 valence electrons. The van der Waals surface area contributed by atoms with Gasteiger partial charge in [0.25, 0.3) is 5.91 Å². The lowest BCUT2D eigenvalue weighted by Crippen LogP contribution is -2.40. The van der Waals surface area contributed by atoms with Gasteiger partial charge in [0, 0.05) is 36.5 Å². The maximum absolute atomic E-state index is 12.0. The largest absolute Gasteiger partial charge is 0.489 e. The van der Waals surface area contributed by atoms with E-state index < -0.39 is 15.9 Å². The third kappa shape index (κ3) is 8.44. The zero-order valence-electron chi connectivity index (χ0n) is 22.5. The van der Waals surface area contributed by atoms with Gasteiger partial charge < -0.3 is 19.1 Å². The number of nitrogens with one attached hydrogen (secondary N) is 1. The molecule has 1 aliphatic heterocycles. The molecule has 40 heavy (non-hydrogen) atoms. The number of nitrogens with zero attached hydrogens (tertiary/aromatic N) is 2. The number of aromatic nitrogens is 1. The fourth-order valence-corrected chi connectivity index (χ4v) is 4.70. The third-order valence-corrected chi connectivity index (χ3v) is 6.97. The highest BCUT2D eigenvalue weighted by Crippen LogP contribution is 2.26. The molecule has 1 fully saturated rings. The summed E-state index contributed by atoms with van der Waals surface area (Å²) in [5.74, 6) is 0.911. The molecule has 1 saturated heterocycles. The first kappa shape index (κ1) is 28.9. The number of hydrogen-bond acceptors (Lipinski definition) is 8. The highest BCUT2D eigenvalue weighted by molar-refractivity contribution is 7.89. The van der Waals surface area contributed by atoms with Gasteiger partial charge in [-0.15, -0.1) is 0 Å². The molecule has 2 aromatic carbocycles. The van der Waals surface area contributed by atoms with Gasteiger partial charge in [-0.1, -0.05) is 24.3 Å². The van der Waals surface area contributed by atoms with Crippen LogP contribution in [0.1, 0.15) is 35.7 Å². The van der Waals surface area contributed by atoms with Crippen molar-refractivity contribution in [1.82, 2.24) is 14.6 Å². The molecule has 0 aliphatic carbocycles. The van der Waals surface area contributed by atoms with E-state index in [1.807, 2.05) is 41.1 Å². The Bertz CT molecular complexity index is 1400. The summed E-state index contributed by atoms with van der Waals surface area (Å²) in [6.07, 6.45) is 4.18. The van der Waals surface area contributed by atoms with Crippen molar-refractivity contribution in [2.24, 2.45) is 5.92 Å². The molecule has 0 atom stereocenters. The molecular formula is C29H33N3O7S. The second-order valence-corrected chi connectivity index (χ2v) is 11.3. The van der Waals surface area contributed by atoms with Crippen LogP contribution >= 0.6 is 0 Å². The molecule has 0 radical (unpaired) electrons. The van der Waals surface area contributed by atoms with Gasteiger partial charge in [0.2, 0.25) is 15.9 Å². The topological polar surface area (TPSA) is 124 Å². The van der Waals surface area contributed by atoms with E-state index in [9.17, 15) is 18.0 Å². The van der Waals surface area contributed by atoms with Gasteiger partial charge in [0.05, 0.1) is 19.5 Å². The predicted molar refractivity (Wildman–Crippen MR) is 150 cm³/mol. The second kappa shape index (κ2) is 13.3. The van der Waals surface area contributed by atoms with Gasteiger partial charge in [-0.05, 0) is 67.1 Å². The van der Waals surface area contributed by atoms with Crippen LogP contribution in [0.15, 0.2) is 66.9 Å². The van der Waals surface area contributed by atoms with Crippen molar-refractivity contribution in [1.29, 1.82) is 0 Å².